The first-order chi connectivity index (χ1) is 12.6. The normalized spacial score (nSPS) is 16.3. The Morgan fingerprint density at radius 3 is 1.88 bits per heavy atom. The number of esters is 1. The van der Waals surface area contributed by atoms with Crippen LogP contribution < -0.4 is 5.11 Å². The lowest BCUT2D eigenvalue weighted by Crippen LogP contribution is -2.45. The Kier molecular flexibility index (Phi) is 12.1. The van der Waals surface area contributed by atoms with Crippen LogP contribution in [0.4, 0.5) is 0 Å². The lowest BCUT2D eigenvalue weighted by Gasteiger charge is -2.40. The Hall–Kier alpha value is -1.27. The first-order valence-corrected chi connectivity index (χ1v) is 8.14. The largest absolute Gasteiger partial charge is 0.875 e. The van der Waals surface area contributed by atoms with Gasteiger partial charge < -0.3 is 43.0 Å². The molecule has 0 bridgehead atoms. The van der Waals surface area contributed by atoms with Crippen LogP contribution in [0.2, 0.25) is 0 Å². The summed E-state index contributed by atoms with van der Waals surface area (Å²) in [6.07, 6.45) is 1.84. The Morgan fingerprint density at radius 2 is 1.46 bits per heavy atom. The highest BCUT2D eigenvalue weighted by molar-refractivity contribution is 5.82. The SMILES string of the molecule is CCC1(COCOCOCOCOCOCOC(=O)/C=C(/C)[O-])COC1. The molecule has 1 saturated heterocycles. The van der Waals surface area contributed by atoms with E-state index in [1.165, 1.54) is 6.92 Å². The first kappa shape index (κ1) is 22.8. The molecule has 10 heteroatoms. The molecule has 152 valence electrons. The molecular weight excluding hydrogens is 352 g/mol. The summed E-state index contributed by atoms with van der Waals surface area (Å²) >= 11 is 0. The summed E-state index contributed by atoms with van der Waals surface area (Å²) in [7, 11) is 0. The smallest absolute Gasteiger partial charge is 0.331 e. The second-order valence-corrected chi connectivity index (χ2v) is 5.64. The molecule has 26 heavy (non-hydrogen) atoms. The Labute approximate surface area is 152 Å². The van der Waals surface area contributed by atoms with Crippen LogP contribution in [0.5, 0.6) is 0 Å². The average molecular weight is 379 g/mol. The Bertz CT molecular complexity index is 398. The highest BCUT2D eigenvalue weighted by Crippen LogP contribution is 2.31. The van der Waals surface area contributed by atoms with Gasteiger partial charge in [0, 0.05) is 11.5 Å². The molecule has 1 rings (SSSR count). The van der Waals surface area contributed by atoms with E-state index in [-0.39, 0.29) is 46.2 Å². The fraction of sp³-hybridized carbons (Fsp3) is 0.812. The zero-order chi connectivity index (χ0) is 19.1. The van der Waals surface area contributed by atoms with Crippen LogP contribution in [-0.4, -0.2) is 66.5 Å². The third-order valence-corrected chi connectivity index (χ3v) is 3.41. The van der Waals surface area contributed by atoms with E-state index in [0.717, 1.165) is 25.7 Å². The van der Waals surface area contributed by atoms with Crippen molar-refractivity contribution in [1.82, 2.24) is 0 Å². The van der Waals surface area contributed by atoms with Gasteiger partial charge >= 0.3 is 5.97 Å². The maximum absolute atomic E-state index is 11.0. The number of carbonyl (C=O) groups is 1. The van der Waals surface area contributed by atoms with Crippen LogP contribution in [0.3, 0.4) is 0 Å². The van der Waals surface area contributed by atoms with Crippen LogP contribution >= 0.6 is 0 Å². The van der Waals surface area contributed by atoms with Gasteiger partial charge in [0.05, 0.1) is 19.8 Å². The van der Waals surface area contributed by atoms with Crippen molar-refractivity contribution >= 4 is 5.97 Å². The molecule has 0 atom stereocenters. The molecule has 1 aliphatic heterocycles. The Balaban J connectivity index is 1.76. The van der Waals surface area contributed by atoms with Crippen molar-refractivity contribution in [3.63, 3.8) is 0 Å². The number of ether oxygens (including phenoxy) is 8. The van der Waals surface area contributed by atoms with Gasteiger partial charge in [-0.1, -0.05) is 13.8 Å². The van der Waals surface area contributed by atoms with E-state index >= 15 is 0 Å². The minimum atomic E-state index is -0.767. The van der Waals surface area contributed by atoms with Gasteiger partial charge in [-0.2, -0.15) is 0 Å². The molecule has 0 saturated carbocycles. The maximum Gasteiger partial charge on any atom is 0.331 e. The molecule has 0 aromatic carbocycles. The van der Waals surface area contributed by atoms with E-state index in [1.54, 1.807) is 0 Å². The summed E-state index contributed by atoms with van der Waals surface area (Å²) in [5.41, 5.74) is 0.136. The van der Waals surface area contributed by atoms with Crippen molar-refractivity contribution in [3.8, 4) is 0 Å². The minimum absolute atomic E-state index is 0.0186. The Morgan fingerprint density at radius 1 is 0.962 bits per heavy atom. The standard InChI is InChI=1S/C16H28O10/c1-3-16(5-19-6-16)7-20-8-21-9-22-10-23-11-24-12-25-13-26-15(18)4-14(2)17/h4,17H,3,5-13H2,1-2H3/p-1/b14-4-. The van der Waals surface area contributed by atoms with E-state index in [9.17, 15) is 9.90 Å². The van der Waals surface area contributed by atoms with E-state index in [0.29, 0.717) is 6.61 Å². The highest BCUT2D eigenvalue weighted by Gasteiger charge is 2.36. The van der Waals surface area contributed by atoms with Gasteiger partial charge in [0.2, 0.25) is 0 Å². The van der Waals surface area contributed by atoms with Crippen molar-refractivity contribution in [1.29, 1.82) is 0 Å². The van der Waals surface area contributed by atoms with Gasteiger partial charge in [-0.15, -0.1) is 5.76 Å². The van der Waals surface area contributed by atoms with Gasteiger partial charge in [-0.25, -0.2) is 4.79 Å². The van der Waals surface area contributed by atoms with Crippen LogP contribution in [-0.2, 0) is 42.7 Å². The summed E-state index contributed by atoms with van der Waals surface area (Å²) in [4.78, 5) is 11.0. The second kappa shape index (κ2) is 13.9. The fourth-order valence-corrected chi connectivity index (χ4v) is 1.81. The zero-order valence-electron chi connectivity index (χ0n) is 15.2. The number of carbonyl (C=O) groups excluding carboxylic acids is 1. The van der Waals surface area contributed by atoms with E-state index in [1.807, 2.05) is 0 Å². The van der Waals surface area contributed by atoms with E-state index < -0.39 is 11.7 Å². The monoisotopic (exact) mass is 379 g/mol. The summed E-state index contributed by atoms with van der Waals surface area (Å²) < 4.78 is 40.2. The van der Waals surface area contributed by atoms with Gasteiger partial charge in [-0.3, -0.25) is 0 Å². The summed E-state index contributed by atoms with van der Waals surface area (Å²) in [5.74, 6) is -1.16. The number of allylic oxidation sites excluding steroid dienone is 1. The highest BCUT2D eigenvalue weighted by atomic mass is 16.8. The molecular formula is C16H27O10-. The van der Waals surface area contributed by atoms with Gasteiger partial charge in [0.15, 0.2) is 34.0 Å². The average Bonchev–Trinajstić information content (AvgIpc) is 2.56. The molecule has 0 aliphatic carbocycles. The summed E-state index contributed by atoms with van der Waals surface area (Å²) in [5, 5.41) is 10.6. The lowest BCUT2D eigenvalue weighted by molar-refractivity contribution is -0.302. The third kappa shape index (κ3) is 10.7. The number of hydrogen-bond donors (Lipinski definition) is 0. The molecule has 0 radical (unpaired) electrons. The third-order valence-electron chi connectivity index (χ3n) is 3.41. The van der Waals surface area contributed by atoms with Crippen molar-refractivity contribution in [2.75, 3.05) is 60.6 Å². The predicted octanol–water partition coefficient (Wildman–Crippen LogP) is 0.0649. The molecule has 0 aromatic heterocycles. The zero-order valence-corrected chi connectivity index (χ0v) is 15.2. The quantitative estimate of drug-likeness (QED) is 0.120. The molecule has 0 unspecified atom stereocenters. The van der Waals surface area contributed by atoms with Gasteiger partial charge in [-0.05, 0) is 6.42 Å². The molecule has 1 aliphatic rings. The lowest BCUT2D eigenvalue weighted by atomic mass is 9.84. The topological polar surface area (TPSA) is 114 Å². The molecule has 0 spiro atoms. The van der Waals surface area contributed by atoms with Crippen LogP contribution in [0.25, 0.3) is 0 Å². The van der Waals surface area contributed by atoms with Crippen molar-refractivity contribution in [2.24, 2.45) is 5.41 Å². The van der Waals surface area contributed by atoms with E-state index in [4.69, 9.17) is 33.2 Å². The van der Waals surface area contributed by atoms with E-state index in [2.05, 4.69) is 11.7 Å². The van der Waals surface area contributed by atoms with Gasteiger partial charge in [0.1, 0.15) is 6.79 Å². The van der Waals surface area contributed by atoms with Crippen LogP contribution in [0.15, 0.2) is 11.8 Å². The first-order valence-electron chi connectivity index (χ1n) is 8.14. The molecule has 1 fully saturated rings. The predicted molar refractivity (Wildman–Crippen MR) is 84.0 cm³/mol. The molecule has 10 nitrogen and oxygen atoms in total. The van der Waals surface area contributed by atoms with Crippen LogP contribution in [0, 0.1) is 5.41 Å². The maximum atomic E-state index is 11.0. The van der Waals surface area contributed by atoms with Crippen LogP contribution in [0.1, 0.15) is 20.3 Å². The summed E-state index contributed by atoms with van der Waals surface area (Å²) in [6, 6.07) is 0. The molecule has 0 amide bonds. The van der Waals surface area contributed by atoms with Crippen molar-refractivity contribution < 1.29 is 47.8 Å². The molecule has 0 aromatic rings. The number of rotatable bonds is 16. The molecule has 0 N–H and O–H groups in total. The minimum Gasteiger partial charge on any atom is -0.875 e. The molecule has 1 heterocycles. The summed E-state index contributed by atoms with van der Waals surface area (Å²) in [6.45, 7) is 5.07. The second-order valence-electron chi connectivity index (χ2n) is 5.64. The van der Waals surface area contributed by atoms with Crippen molar-refractivity contribution in [2.45, 2.75) is 20.3 Å². The number of hydrogen-bond acceptors (Lipinski definition) is 10. The van der Waals surface area contributed by atoms with Gasteiger partial charge in [0.25, 0.3) is 0 Å². The van der Waals surface area contributed by atoms with Crippen molar-refractivity contribution in [3.05, 3.63) is 11.8 Å². The fourth-order valence-electron chi connectivity index (χ4n) is 1.81.